The zero-order valence-corrected chi connectivity index (χ0v) is 16.4. The van der Waals surface area contributed by atoms with Crippen LogP contribution in [0.2, 0.25) is 5.02 Å². The Morgan fingerprint density at radius 2 is 2.15 bits per heavy atom. The molecule has 0 amide bonds. The minimum atomic E-state index is -0.169. The number of fused-ring (bicyclic) bond motifs is 1. The highest BCUT2D eigenvalue weighted by atomic mass is 79.9. The Hall–Kier alpha value is -1.83. The van der Waals surface area contributed by atoms with Gasteiger partial charge in [0.15, 0.2) is 17.7 Å². The number of hydrogen-bond donors (Lipinski definition) is 0. The second-order valence-corrected chi connectivity index (χ2v) is 7.57. The van der Waals surface area contributed by atoms with Gasteiger partial charge in [0.2, 0.25) is 0 Å². The van der Waals surface area contributed by atoms with Gasteiger partial charge in [-0.05, 0) is 47.3 Å². The molecule has 1 aliphatic heterocycles. The first-order chi connectivity index (χ1) is 12.5. The number of halogens is 2. The molecule has 1 aliphatic rings. The van der Waals surface area contributed by atoms with Crippen molar-refractivity contribution in [1.82, 2.24) is 19.7 Å². The van der Waals surface area contributed by atoms with Crippen molar-refractivity contribution in [2.45, 2.75) is 32.4 Å². The Balaban J connectivity index is 1.88. The molecule has 3 aromatic heterocycles. The Bertz CT molecular complexity index is 998. The maximum Gasteiger partial charge on any atom is 0.179 e. The Morgan fingerprint density at radius 3 is 2.85 bits per heavy atom. The van der Waals surface area contributed by atoms with Gasteiger partial charge < -0.3 is 4.74 Å². The lowest BCUT2D eigenvalue weighted by atomic mass is 10.1. The molecule has 1 unspecified atom stereocenters. The van der Waals surface area contributed by atoms with E-state index in [9.17, 15) is 4.79 Å². The van der Waals surface area contributed by atoms with Crippen molar-refractivity contribution in [3.05, 3.63) is 39.7 Å². The maximum absolute atomic E-state index is 11.6. The van der Waals surface area contributed by atoms with Crippen molar-refractivity contribution < 1.29 is 9.53 Å². The third-order valence-corrected chi connectivity index (χ3v) is 5.11. The molecule has 6 nitrogen and oxygen atoms in total. The van der Waals surface area contributed by atoms with E-state index in [4.69, 9.17) is 21.4 Å². The second kappa shape index (κ2) is 7.06. The van der Waals surface area contributed by atoms with Crippen LogP contribution in [-0.2, 0) is 4.74 Å². The lowest BCUT2D eigenvalue weighted by Crippen LogP contribution is -2.19. The average molecular weight is 436 g/mol. The summed E-state index contributed by atoms with van der Waals surface area (Å²) in [5, 5.41) is 5.96. The van der Waals surface area contributed by atoms with Crippen molar-refractivity contribution in [3.8, 4) is 11.3 Å². The van der Waals surface area contributed by atoms with Crippen molar-refractivity contribution in [2.75, 3.05) is 6.61 Å². The van der Waals surface area contributed by atoms with Crippen LogP contribution in [0.15, 0.2) is 29.0 Å². The molecule has 0 spiro atoms. The Morgan fingerprint density at radius 1 is 1.31 bits per heavy atom. The van der Waals surface area contributed by atoms with Crippen molar-refractivity contribution in [1.29, 1.82) is 0 Å². The largest absolute Gasteiger partial charge is 0.356 e. The Labute approximate surface area is 163 Å². The van der Waals surface area contributed by atoms with Crippen LogP contribution in [0.5, 0.6) is 0 Å². The predicted molar refractivity (Wildman–Crippen MR) is 102 cm³/mol. The standard InChI is InChI=1S/C18H16BrClN4O2/c1-10(25)16-14(20)6-11(8-21-16)17-13-7-12(19)9-22-18(13)24(23-17)15-4-2-3-5-26-15/h6-9,15H,2-5H2,1H3. The molecule has 3 aromatic rings. The van der Waals surface area contributed by atoms with Crippen LogP contribution < -0.4 is 0 Å². The molecule has 0 aromatic carbocycles. The van der Waals surface area contributed by atoms with E-state index in [0.29, 0.717) is 10.7 Å². The van der Waals surface area contributed by atoms with Crippen LogP contribution in [0, 0.1) is 0 Å². The molecule has 4 heterocycles. The summed E-state index contributed by atoms with van der Waals surface area (Å²) in [6.45, 7) is 2.16. The molecule has 1 atom stereocenters. The zero-order valence-electron chi connectivity index (χ0n) is 14.1. The highest BCUT2D eigenvalue weighted by Gasteiger charge is 2.23. The number of carbonyl (C=O) groups is 1. The zero-order chi connectivity index (χ0) is 18.3. The van der Waals surface area contributed by atoms with Crippen LogP contribution in [0.1, 0.15) is 42.9 Å². The molecular weight excluding hydrogens is 420 g/mol. The molecule has 1 saturated heterocycles. The molecule has 1 fully saturated rings. The number of Topliss-reactive ketones (excluding diaryl/α,β-unsaturated/α-hetero) is 1. The van der Waals surface area contributed by atoms with Crippen LogP contribution in [0.3, 0.4) is 0 Å². The number of pyridine rings is 2. The van der Waals surface area contributed by atoms with Gasteiger partial charge in [-0.25, -0.2) is 9.67 Å². The van der Waals surface area contributed by atoms with Crippen LogP contribution in [0.25, 0.3) is 22.3 Å². The summed E-state index contributed by atoms with van der Waals surface area (Å²) in [7, 11) is 0. The fourth-order valence-electron chi connectivity index (χ4n) is 3.15. The van der Waals surface area contributed by atoms with Gasteiger partial charge in [-0.2, -0.15) is 5.10 Å². The molecular formula is C18H16BrClN4O2. The van der Waals surface area contributed by atoms with Gasteiger partial charge in [-0.15, -0.1) is 0 Å². The summed E-state index contributed by atoms with van der Waals surface area (Å²) in [4.78, 5) is 20.3. The molecule has 134 valence electrons. The number of nitrogens with zero attached hydrogens (tertiary/aromatic N) is 4. The number of carbonyl (C=O) groups excluding carboxylic acids is 1. The van der Waals surface area contributed by atoms with Gasteiger partial charge in [0.05, 0.1) is 5.02 Å². The molecule has 0 saturated carbocycles. The van der Waals surface area contributed by atoms with E-state index in [-0.39, 0.29) is 17.7 Å². The number of ether oxygens (including phenoxy) is 1. The first-order valence-electron chi connectivity index (χ1n) is 8.37. The lowest BCUT2D eigenvalue weighted by Gasteiger charge is -2.23. The fourth-order valence-corrected chi connectivity index (χ4v) is 3.79. The average Bonchev–Trinajstić information content (AvgIpc) is 3.00. The summed E-state index contributed by atoms with van der Waals surface area (Å²) in [5.41, 5.74) is 2.46. The van der Waals surface area contributed by atoms with E-state index in [1.54, 1.807) is 18.5 Å². The second-order valence-electron chi connectivity index (χ2n) is 6.25. The van der Waals surface area contributed by atoms with E-state index in [0.717, 1.165) is 46.9 Å². The van der Waals surface area contributed by atoms with Crippen molar-refractivity contribution in [3.63, 3.8) is 0 Å². The minimum Gasteiger partial charge on any atom is -0.356 e. The van der Waals surface area contributed by atoms with E-state index < -0.39 is 0 Å². The predicted octanol–water partition coefficient (Wildman–Crippen LogP) is 4.81. The minimum absolute atomic E-state index is 0.131. The molecule has 0 radical (unpaired) electrons. The normalized spacial score (nSPS) is 17.6. The summed E-state index contributed by atoms with van der Waals surface area (Å²) in [6.07, 6.45) is 6.30. The third kappa shape index (κ3) is 3.15. The monoisotopic (exact) mass is 434 g/mol. The number of aromatic nitrogens is 4. The van der Waals surface area contributed by atoms with Crippen LogP contribution in [0.4, 0.5) is 0 Å². The van der Waals surface area contributed by atoms with Crippen molar-refractivity contribution in [2.24, 2.45) is 0 Å². The van der Waals surface area contributed by atoms with E-state index >= 15 is 0 Å². The van der Waals surface area contributed by atoms with E-state index in [1.807, 2.05) is 10.7 Å². The lowest BCUT2D eigenvalue weighted by molar-refractivity contribution is -0.0368. The molecule has 26 heavy (non-hydrogen) atoms. The Kier molecular flexibility index (Phi) is 4.77. The SMILES string of the molecule is CC(=O)c1ncc(-c2nn(C3CCCCO3)c3ncc(Br)cc23)cc1Cl. The number of ketones is 1. The number of hydrogen-bond acceptors (Lipinski definition) is 5. The molecule has 8 heteroatoms. The van der Waals surface area contributed by atoms with Gasteiger partial charge >= 0.3 is 0 Å². The van der Waals surface area contributed by atoms with Crippen molar-refractivity contribution >= 4 is 44.3 Å². The molecule has 0 N–H and O–H groups in total. The van der Waals surface area contributed by atoms with Crippen LogP contribution in [-0.4, -0.2) is 32.1 Å². The first-order valence-corrected chi connectivity index (χ1v) is 9.54. The fraction of sp³-hybridized carbons (Fsp3) is 0.333. The maximum atomic E-state index is 11.6. The summed E-state index contributed by atoms with van der Waals surface area (Å²) in [6, 6.07) is 3.69. The van der Waals surface area contributed by atoms with Gasteiger partial charge in [-0.3, -0.25) is 9.78 Å². The summed E-state index contributed by atoms with van der Waals surface area (Å²) in [5.74, 6) is -0.169. The summed E-state index contributed by atoms with van der Waals surface area (Å²) < 4.78 is 8.58. The molecule has 0 aliphatic carbocycles. The molecule has 0 bridgehead atoms. The first kappa shape index (κ1) is 17.6. The van der Waals surface area contributed by atoms with E-state index in [1.165, 1.54) is 6.92 Å². The van der Waals surface area contributed by atoms with Gasteiger partial charge in [0.1, 0.15) is 11.4 Å². The number of rotatable bonds is 3. The topological polar surface area (TPSA) is 69.9 Å². The summed E-state index contributed by atoms with van der Waals surface area (Å²) >= 11 is 9.72. The smallest absolute Gasteiger partial charge is 0.179 e. The van der Waals surface area contributed by atoms with Gasteiger partial charge in [0.25, 0.3) is 0 Å². The van der Waals surface area contributed by atoms with Gasteiger partial charge in [0, 0.05) is 41.3 Å². The van der Waals surface area contributed by atoms with Gasteiger partial charge in [-0.1, -0.05) is 11.6 Å². The highest BCUT2D eigenvalue weighted by Crippen LogP contribution is 2.34. The molecule has 4 rings (SSSR count). The third-order valence-electron chi connectivity index (χ3n) is 4.39. The van der Waals surface area contributed by atoms with E-state index in [2.05, 4.69) is 25.9 Å². The highest BCUT2D eigenvalue weighted by molar-refractivity contribution is 9.10. The quantitative estimate of drug-likeness (QED) is 0.552. The van der Waals surface area contributed by atoms with Crippen LogP contribution >= 0.6 is 27.5 Å².